The van der Waals surface area contributed by atoms with Crippen molar-refractivity contribution in [2.24, 2.45) is 5.73 Å². The lowest BCUT2D eigenvalue weighted by molar-refractivity contribution is -0.384. The molecule has 0 aliphatic carbocycles. The molecular weight excluding hydrogens is 286 g/mol. The number of amides is 1. The van der Waals surface area contributed by atoms with Gasteiger partial charge in [-0.1, -0.05) is 18.5 Å². The molecule has 0 radical (unpaired) electrons. The topological polar surface area (TPSA) is 107 Å². The van der Waals surface area contributed by atoms with Gasteiger partial charge >= 0.3 is 0 Å². The number of halogens is 1. The highest BCUT2D eigenvalue weighted by atomic mass is 35.5. The lowest BCUT2D eigenvalue weighted by atomic mass is 10.2. The number of carbonyl (C=O) groups excluding carboxylic acids is 1. The molecule has 7 nitrogen and oxygen atoms in total. The van der Waals surface area contributed by atoms with Crippen LogP contribution in [0.4, 0.5) is 5.69 Å². The van der Waals surface area contributed by atoms with Crippen LogP contribution < -0.4 is 15.8 Å². The smallest absolute Gasteiger partial charge is 0.273 e. The Bertz CT molecular complexity index is 496. The molecule has 1 unspecified atom stereocenters. The second-order valence-corrected chi connectivity index (χ2v) is 4.43. The number of hydrogen-bond acceptors (Lipinski definition) is 5. The van der Waals surface area contributed by atoms with Crippen molar-refractivity contribution in [1.82, 2.24) is 5.32 Å². The molecule has 110 valence electrons. The van der Waals surface area contributed by atoms with Gasteiger partial charge in [-0.2, -0.15) is 0 Å². The summed E-state index contributed by atoms with van der Waals surface area (Å²) < 4.78 is 5.37. The fourth-order valence-corrected chi connectivity index (χ4v) is 1.77. The highest BCUT2D eigenvalue weighted by molar-refractivity contribution is 6.32. The van der Waals surface area contributed by atoms with E-state index in [0.29, 0.717) is 13.0 Å². The Kier molecular flexibility index (Phi) is 6.20. The summed E-state index contributed by atoms with van der Waals surface area (Å²) in [4.78, 5) is 21.3. The van der Waals surface area contributed by atoms with E-state index in [9.17, 15) is 14.9 Å². The van der Waals surface area contributed by atoms with Gasteiger partial charge in [-0.25, -0.2) is 0 Å². The second-order valence-electron chi connectivity index (χ2n) is 4.02. The van der Waals surface area contributed by atoms with Crippen LogP contribution in [0.15, 0.2) is 18.2 Å². The van der Waals surface area contributed by atoms with Gasteiger partial charge in [0.2, 0.25) is 5.91 Å². The Morgan fingerprint density at radius 2 is 2.30 bits per heavy atom. The zero-order valence-corrected chi connectivity index (χ0v) is 11.7. The van der Waals surface area contributed by atoms with E-state index in [1.165, 1.54) is 18.2 Å². The van der Waals surface area contributed by atoms with E-state index < -0.39 is 16.9 Å². The standard InChI is InChI=1S/C12H16ClN3O4/c1-2-15-10(12(14)17)5-6-20-11-7-8(16(18)19)3-4-9(11)13/h3-4,7,10,15H,2,5-6H2,1H3,(H2,14,17). The average molecular weight is 302 g/mol. The van der Waals surface area contributed by atoms with E-state index in [-0.39, 0.29) is 23.1 Å². The quantitative estimate of drug-likeness (QED) is 0.558. The van der Waals surface area contributed by atoms with Gasteiger partial charge in [0.1, 0.15) is 5.75 Å². The molecule has 20 heavy (non-hydrogen) atoms. The third-order valence-electron chi connectivity index (χ3n) is 2.58. The molecule has 8 heteroatoms. The Morgan fingerprint density at radius 1 is 1.60 bits per heavy atom. The molecule has 0 aliphatic heterocycles. The number of primary amides is 1. The maximum absolute atomic E-state index is 11.1. The van der Waals surface area contributed by atoms with Gasteiger partial charge in [0.15, 0.2) is 0 Å². The van der Waals surface area contributed by atoms with Crippen molar-refractivity contribution in [2.75, 3.05) is 13.2 Å². The summed E-state index contributed by atoms with van der Waals surface area (Å²) in [7, 11) is 0. The molecule has 1 atom stereocenters. The molecule has 0 aliphatic rings. The predicted molar refractivity (Wildman–Crippen MR) is 74.9 cm³/mol. The van der Waals surface area contributed by atoms with Gasteiger partial charge in [0.05, 0.1) is 28.7 Å². The van der Waals surface area contributed by atoms with Crippen LogP contribution in [0.25, 0.3) is 0 Å². The van der Waals surface area contributed by atoms with Crippen molar-refractivity contribution in [3.05, 3.63) is 33.3 Å². The number of nitrogens with zero attached hydrogens (tertiary/aromatic N) is 1. The summed E-state index contributed by atoms with van der Waals surface area (Å²) in [6.07, 6.45) is 0.349. The van der Waals surface area contributed by atoms with Crippen LogP contribution in [0.3, 0.4) is 0 Å². The average Bonchev–Trinajstić information content (AvgIpc) is 2.39. The van der Waals surface area contributed by atoms with E-state index in [1.807, 2.05) is 6.92 Å². The Labute approximate surface area is 121 Å². The van der Waals surface area contributed by atoms with E-state index in [0.717, 1.165) is 0 Å². The van der Waals surface area contributed by atoms with Crippen LogP contribution in [-0.2, 0) is 4.79 Å². The SMILES string of the molecule is CCNC(CCOc1cc([N+](=O)[O-])ccc1Cl)C(N)=O. The third-order valence-corrected chi connectivity index (χ3v) is 2.90. The van der Waals surface area contributed by atoms with Gasteiger partial charge in [0, 0.05) is 12.5 Å². The second kappa shape index (κ2) is 7.66. The number of rotatable bonds is 8. The summed E-state index contributed by atoms with van der Waals surface area (Å²) in [5.74, 6) is -0.263. The maximum atomic E-state index is 11.1. The molecule has 3 N–H and O–H groups in total. The van der Waals surface area contributed by atoms with Crippen LogP contribution in [0.5, 0.6) is 5.75 Å². The van der Waals surface area contributed by atoms with Crippen LogP contribution >= 0.6 is 11.6 Å². The van der Waals surface area contributed by atoms with Crippen molar-refractivity contribution in [3.8, 4) is 5.75 Å². The summed E-state index contributed by atoms with van der Waals surface area (Å²) >= 11 is 5.89. The van der Waals surface area contributed by atoms with Gasteiger partial charge in [-0.15, -0.1) is 0 Å². The predicted octanol–water partition coefficient (Wildman–Crippen LogP) is 1.48. The number of nitro groups is 1. The van der Waals surface area contributed by atoms with Gasteiger partial charge < -0.3 is 15.8 Å². The minimum Gasteiger partial charge on any atom is -0.492 e. The normalized spacial score (nSPS) is 11.9. The minimum absolute atomic E-state index is 0.109. The Morgan fingerprint density at radius 3 is 2.85 bits per heavy atom. The number of hydrogen-bond donors (Lipinski definition) is 2. The Hall–Kier alpha value is -1.86. The van der Waals surface area contributed by atoms with Crippen molar-refractivity contribution in [2.45, 2.75) is 19.4 Å². The first-order valence-electron chi connectivity index (χ1n) is 6.05. The summed E-state index contributed by atoms with van der Waals surface area (Å²) in [6, 6.07) is 3.43. The maximum Gasteiger partial charge on any atom is 0.273 e. The summed E-state index contributed by atoms with van der Waals surface area (Å²) in [5.41, 5.74) is 5.11. The molecule has 1 aromatic carbocycles. The van der Waals surface area contributed by atoms with E-state index >= 15 is 0 Å². The zero-order valence-electron chi connectivity index (χ0n) is 11.0. The molecule has 1 amide bonds. The Balaban J connectivity index is 2.63. The number of nitrogens with one attached hydrogen (secondary N) is 1. The number of ether oxygens (including phenoxy) is 1. The van der Waals surface area contributed by atoms with Crippen molar-refractivity contribution in [3.63, 3.8) is 0 Å². The van der Waals surface area contributed by atoms with Gasteiger partial charge in [-0.3, -0.25) is 14.9 Å². The number of non-ortho nitro benzene ring substituents is 1. The van der Waals surface area contributed by atoms with Crippen LogP contribution in [0.2, 0.25) is 5.02 Å². The number of benzene rings is 1. The van der Waals surface area contributed by atoms with Crippen molar-refractivity contribution >= 4 is 23.2 Å². The molecule has 0 spiro atoms. The summed E-state index contributed by atoms with van der Waals surface area (Å²) in [6.45, 7) is 2.63. The zero-order chi connectivity index (χ0) is 15.1. The number of nitro benzene ring substituents is 1. The fourth-order valence-electron chi connectivity index (χ4n) is 1.59. The highest BCUT2D eigenvalue weighted by Crippen LogP contribution is 2.28. The minimum atomic E-state index is -0.534. The molecule has 0 aromatic heterocycles. The largest absolute Gasteiger partial charge is 0.492 e. The van der Waals surface area contributed by atoms with Gasteiger partial charge in [-0.05, 0) is 12.6 Å². The van der Waals surface area contributed by atoms with Crippen molar-refractivity contribution < 1.29 is 14.5 Å². The van der Waals surface area contributed by atoms with E-state index in [2.05, 4.69) is 5.32 Å². The molecule has 0 fully saturated rings. The lowest BCUT2D eigenvalue weighted by Crippen LogP contribution is -2.42. The molecule has 0 bridgehead atoms. The first-order chi connectivity index (χ1) is 9.45. The molecule has 0 saturated heterocycles. The summed E-state index contributed by atoms with van der Waals surface area (Å²) in [5, 5.41) is 13.8. The molecule has 0 heterocycles. The molecule has 0 saturated carbocycles. The van der Waals surface area contributed by atoms with Crippen LogP contribution in [-0.4, -0.2) is 30.0 Å². The van der Waals surface area contributed by atoms with Crippen LogP contribution in [0.1, 0.15) is 13.3 Å². The fraction of sp³-hybridized carbons (Fsp3) is 0.417. The van der Waals surface area contributed by atoms with E-state index in [4.69, 9.17) is 22.1 Å². The molecular formula is C12H16ClN3O4. The van der Waals surface area contributed by atoms with Crippen molar-refractivity contribution in [1.29, 1.82) is 0 Å². The molecule has 1 aromatic rings. The molecule has 1 rings (SSSR count). The number of nitrogens with two attached hydrogens (primary N) is 1. The monoisotopic (exact) mass is 301 g/mol. The first-order valence-corrected chi connectivity index (χ1v) is 6.43. The number of carbonyl (C=O) groups is 1. The third kappa shape index (κ3) is 4.67. The number of likely N-dealkylation sites (N-methyl/N-ethyl adjacent to an activating group) is 1. The first kappa shape index (κ1) is 16.2. The highest BCUT2D eigenvalue weighted by Gasteiger charge is 2.15. The lowest BCUT2D eigenvalue weighted by Gasteiger charge is -2.14. The van der Waals surface area contributed by atoms with E-state index in [1.54, 1.807) is 0 Å². The van der Waals surface area contributed by atoms with Crippen LogP contribution in [0, 0.1) is 10.1 Å². The van der Waals surface area contributed by atoms with Gasteiger partial charge in [0.25, 0.3) is 5.69 Å².